The number of rotatable bonds is 7. The highest BCUT2D eigenvalue weighted by molar-refractivity contribution is 9.10. The van der Waals surface area contributed by atoms with Crippen LogP contribution in [-0.4, -0.2) is 36.7 Å². The zero-order valence-corrected chi connectivity index (χ0v) is 16.9. The Morgan fingerprint density at radius 1 is 1.35 bits per heavy atom. The van der Waals surface area contributed by atoms with Crippen molar-refractivity contribution in [2.24, 2.45) is 0 Å². The molecule has 26 heavy (non-hydrogen) atoms. The summed E-state index contributed by atoms with van der Waals surface area (Å²) in [5, 5.41) is 12.6. The van der Waals surface area contributed by atoms with Gasteiger partial charge in [0.1, 0.15) is 6.10 Å². The van der Waals surface area contributed by atoms with Crippen molar-refractivity contribution in [1.29, 1.82) is 4.78 Å². The Morgan fingerprint density at radius 2 is 2.00 bits per heavy atom. The molecule has 0 amide bonds. The predicted octanol–water partition coefficient (Wildman–Crippen LogP) is 3.70. The van der Waals surface area contributed by atoms with Crippen LogP contribution in [0.4, 0.5) is 11.6 Å². The van der Waals surface area contributed by atoms with E-state index < -0.39 is 21.9 Å². The van der Waals surface area contributed by atoms with Crippen LogP contribution in [0, 0.1) is 4.78 Å². The standard InChI is InChI=1S/C17H21BrN4O3S/c1-10(23)11(2)25-16-15(18)9-20-17(22-16)21-12-3-5-13(6-4-12)26(19,24)14-7-8-14/h3-6,9-11,14,19,23H,7-8H2,1-2H3,(H,20,21,22)/t10-,11-,26?/m1/s1. The van der Waals surface area contributed by atoms with Crippen LogP contribution in [0.2, 0.25) is 0 Å². The van der Waals surface area contributed by atoms with Gasteiger partial charge in [0, 0.05) is 15.8 Å². The number of halogens is 1. The normalized spacial score (nSPS) is 18.6. The summed E-state index contributed by atoms with van der Waals surface area (Å²) in [5.74, 6) is 0.665. The van der Waals surface area contributed by atoms with Crippen LogP contribution in [0.15, 0.2) is 39.8 Å². The average Bonchev–Trinajstić information content (AvgIpc) is 3.44. The third-order valence-electron chi connectivity index (χ3n) is 4.14. The number of hydrogen-bond acceptors (Lipinski definition) is 7. The molecule has 1 fully saturated rings. The van der Waals surface area contributed by atoms with Crippen LogP contribution in [0.25, 0.3) is 0 Å². The van der Waals surface area contributed by atoms with Crippen molar-refractivity contribution in [3.8, 4) is 5.88 Å². The van der Waals surface area contributed by atoms with Gasteiger partial charge in [-0.25, -0.2) is 14.0 Å². The number of ether oxygens (including phenoxy) is 1. The first-order valence-corrected chi connectivity index (χ1v) is 10.7. The summed E-state index contributed by atoms with van der Waals surface area (Å²) < 4.78 is 26.7. The topological polar surface area (TPSA) is 108 Å². The number of nitrogens with zero attached hydrogens (tertiary/aromatic N) is 2. The van der Waals surface area contributed by atoms with Gasteiger partial charge in [0.2, 0.25) is 11.8 Å². The Bertz CT molecular complexity index is 883. The van der Waals surface area contributed by atoms with E-state index in [-0.39, 0.29) is 5.25 Å². The van der Waals surface area contributed by atoms with Crippen molar-refractivity contribution in [2.75, 3.05) is 5.32 Å². The number of aliphatic hydroxyl groups is 1. The van der Waals surface area contributed by atoms with Crippen LogP contribution >= 0.6 is 15.9 Å². The lowest BCUT2D eigenvalue weighted by atomic mass is 10.3. The molecule has 1 aromatic carbocycles. The van der Waals surface area contributed by atoms with Crippen LogP contribution < -0.4 is 10.1 Å². The highest BCUT2D eigenvalue weighted by Crippen LogP contribution is 2.34. The second kappa shape index (κ2) is 7.50. The molecule has 0 spiro atoms. The second-order valence-corrected chi connectivity index (χ2v) is 9.55. The molecule has 0 saturated heterocycles. The lowest BCUT2D eigenvalue weighted by molar-refractivity contribution is 0.0569. The molecule has 1 heterocycles. The SMILES string of the molecule is C[C@@H](O)[C@@H](C)Oc1nc(Nc2ccc(S(=N)(=O)C3CC3)cc2)ncc1Br. The van der Waals surface area contributed by atoms with Crippen LogP contribution in [0.1, 0.15) is 26.7 Å². The van der Waals surface area contributed by atoms with Gasteiger partial charge in [0.05, 0.1) is 26.5 Å². The van der Waals surface area contributed by atoms with Gasteiger partial charge in [0.15, 0.2) is 0 Å². The van der Waals surface area contributed by atoms with Crippen LogP contribution in [-0.2, 0) is 9.73 Å². The highest BCUT2D eigenvalue weighted by Gasteiger charge is 2.33. The molecule has 1 saturated carbocycles. The van der Waals surface area contributed by atoms with E-state index in [2.05, 4.69) is 31.2 Å². The van der Waals surface area contributed by atoms with Crippen molar-refractivity contribution in [1.82, 2.24) is 9.97 Å². The maximum atomic E-state index is 12.4. The molecule has 7 nitrogen and oxygen atoms in total. The quantitative estimate of drug-likeness (QED) is 0.605. The first kappa shape index (κ1) is 19.1. The van der Waals surface area contributed by atoms with E-state index in [1.807, 2.05) is 0 Å². The first-order chi connectivity index (χ1) is 12.3. The fraction of sp³-hybridized carbons (Fsp3) is 0.412. The Morgan fingerprint density at radius 3 is 2.58 bits per heavy atom. The Labute approximate surface area is 161 Å². The van der Waals surface area contributed by atoms with Gasteiger partial charge in [-0.3, -0.25) is 0 Å². The van der Waals surface area contributed by atoms with Crippen molar-refractivity contribution < 1.29 is 14.1 Å². The molecule has 9 heteroatoms. The minimum absolute atomic E-state index is 0.00766. The molecular formula is C17H21BrN4O3S. The van der Waals surface area contributed by atoms with E-state index in [1.54, 1.807) is 44.3 Å². The van der Waals surface area contributed by atoms with E-state index >= 15 is 0 Å². The molecule has 0 bridgehead atoms. The van der Waals surface area contributed by atoms with Crippen molar-refractivity contribution in [2.45, 2.75) is 49.0 Å². The molecule has 3 atom stereocenters. The van der Waals surface area contributed by atoms with E-state index in [0.717, 1.165) is 18.5 Å². The maximum Gasteiger partial charge on any atom is 0.233 e. The molecule has 1 unspecified atom stereocenters. The molecule has 1 aliphatic rings. The molecule has 3 rings (SSSR count). The highest BCUT2D eigenvalue weighted by atomic mass is 79.9. The molecular weight excluding hydrogens is 420 g/mol. The molecule has 2 aromatic rings. The summed E-state index contributed by atoms with van der Waals surface area (Å²) in [4.78, 5) is 9.05. The zero-order chi connectivity index (χ0) is 18.9. The van der Waals surface area contributed by atoms with E-state index in [0.29, 0.717) is 21.2 Å². The molecule has 1 aromatic heterocycles. The molecule has 140 valence electrons. The van der Waals surface area contributed by atoms with Gasteiger partial charge >= 0.3 is 0 Å². The monoisotopic (exact) mass is 440 g/mol. The summed E-state index contributed by atoms with van der Waals surface area (Å²) in [7, 11) is -2.70. The zero-order valence-electron chi connectivity index (χ0n) is 14.5. The largest absolute Gasteiger partial charge is 0.471 e. The van der Waals surface area contributed by atoms with Gasteiger partial charge in [-0.2, -0.15) is 4.98 Å². The van der Waals surface area contributed by atoms with E-state index in [1.165, 1.54) is 0 Å². The molecule has 0 aliphatic heterocycles. The summed E-state index contributed by atoms with van der Waals surface area (Å²) in [6.07, 6.45) is 2.25. The molecule has 3 N–H and O–H groups in total. The Balaban J connectivity index is 1.74. The Kier molecular flexibility index (Phi) is 5.50. The minimum atomic E-state index is -2.70. The maximum absolute atomic E-state index is 12.4. The fourth-order valence-electron chi connectivity index (χ4n) is 2.23. The Hall–Kier alpha value is -1.71. The van der Waals surface area contributed by atoms with Gasteiger partial charge in [0.25, 0.3) is 0 Å². The summed E-state index contributed by atoms with van der Waals surface area (Å²) in [6.45, 7) is 3.40. The van der Waals surface area contributed by atoms with E-state index in [4.69, 9.17) is 9.52 Å². The number of nitrogens with one attached hydrogen (secondary N) is 2. The number of hydrogen-bond donors (Lipinski definition) is 3. The predicted molar refractivity (Wildman–Crippen MR) is 103 cm³/mol. The van der Waals surface area contributed by atoms with Gasteiger partial charge in [-0.15, -0.1) is 0 Å². The molecule has 1 aliphatic carbocycles. The number of aliphatic hydroxyl groups excluding tert-OH is 1. The first-order valence-electron chi connectivity index (χ1n) is 8.29. The number of aromatic nitrogens is 2. The lowest BCUT2D eigenvalue weighted by Gasteiger charge is -2.17. The summed E-state index contributed by atoms with van der Waals surface area (Å²) >= 11 is 3.33. The average molecular weight is 441 g/mol. The van der Waals surface area contributed by atoms with Crippen molar-refractivity contribution in [3.05, 3.63) is 34.9 Å². The van der Waals surface area contributed by atoms with Gasteiger partial charge in [-0.1, -0.05) is 0 Å². The van der Waals surface area contributed by atoms with Gasteiger partial charge < -0.3 is 15.2 Å². The van der Waals surface area contributed by atoms with Crippen LogP contribution in [0.5, 0.6) is 5.88 Å². The third-order valence-corrected chi connectivity index (χ3v) is 7.07. The molecule has 0 radical (unpaired) electrons. The fourth-order valence-corrected chi connectivity index (χ4v) is 4.24. The lowest BCUT2D eigenvalue weighted by Crippen LogP contribution is -2.26. The summed E-state index contributed by atoms with van der Waals surface area (Å²) in [6, 6.07) is 6.94. The second-order valence-electron chi connectivity index (χ2n) is 6.36. The number of anilines is 2. The summed E-state index contributed by atoms with van der Waals surface area (Å²) in [5.41, 5.74) is 0.719. The van der Waals surface area contributed by atoms with Crippen molar-refractivity contribution >= 4 is 37.3 Å². The smallest absolute Gasteiger partial charge is 0.233 e. The van der Waals surface area contributed by atoms with Crippen molar-refractivity contribution in [3.63, 3.8) is 0 Å². The van der Waals surface area contributed by atoms with E-state index in [9.17, 15) is 9.32 Å². The number of benzene rings is 1. The van der Waals surface area contributed by atoms with Crippen LogP contribution in [0.3, 0.4) is 0 Å². The van der Waals surface area contributed by atoms with Gasteiger partial charge in [-0.05, 0) is 66.9 Å². The minimum Gasteiger partial charge on any atom is -0.471 e. The third kappa shape index (κ3) is 4.33.